The van der Waals surface area contributed by atoms with Crippen LogP contribution >= 0.6 is 0 Å². The fourth-order valence-electron chi connectivity index (χ4n) is 1.68. The highest BCUT2D eigenvalue weighted by Gasteiger charge is 2.25. The monoisotopic (exact) mass is 344 g/mol. The standard InChI is InChI=1S/C13H16N2O7S/c1-8(16)14-9-2-4-10(5-3-9)23(21,22)15-11(13(19)20)6-7-12(17)18/h2-5,11,15H,6-7H2,1H3,(H,14,16)(H,17,18)(H,19,20)/t11-/m1/s1. The lowest BCUT2D eigenvalue weighted by atomic mass is 10.2. The van der Waals surface area contributed by atoms with Gasteiger partial charge in [0.1, 0.15) is 6.04 Å². The predicted octanol–water partition coefficient (Wildman–Crippen LogP) is 0.241. The molecule has 0 aliphatic carbocycles. The van der Waals surface area contributed by atoms with Gasteiger partial charge in [0.25, 0.3) is 0 Å². The zero-order valence-electron chi connectivity index (χ0n) is 12.1. The molecule has 0 radical (unpaired) electrons. The summed E-state index contributed by atoms with van der Waals surface area (Å²) in [6.07, 6.45) is -0.866. The molecule has 1 aromatic rings. The van der Waals surface area contributed by atoms with Crippen LogP contribution in [0.2, 0.25) is 0 Å². The first-order valence-electron chi connectivity index (χ1n) is 6.46. The molecule has 0 unspecified atom stereocenters. The van der Waals surface area contributed by atoms with Gasteiger partial charge < -0.3 is 15.5 Å². The van der Waals surface area contributed by atoms with Gasteiger partial charge >= 0.3 is 11.9 Å². The van der Waals surface area contributed by atoms with Crippen LogP contribution in [0.1, 0.15) is 19.8 Å². The maximum Gasteiger partial charge on any atom is 0.321 e. The van der Waals surface area contributed by atoms with Gasteiger partial charge in [-0.3, -0.25) is 14.4 Å². The molecule has 0 heterocycles. The number of rotatable bonds is 8. The Kier molecular flexibility index (Phi) is 6.22. The molecule has 4 N–H and O–H groups in total. The Morgan fingerprint density at radius 1 is 1.13 bits per heavy atom. The van der Waals surface area contributed by atoms with Crippen molar-refractivity contribution in [2.45, 2.75) is 30.7 Å². The van der Waals surface area contributed by atoms with Crippen molar-refractivity contribution in [2.75, 3.05) is 5.32 Å². The minimum Gasteiger partial charge on any atom is -0.481 e. The first kappa shape index (κ1) is 18.6. The summed E-state index contributed by atoms with van der Waals surface area (Å²) in [5.74, 6) is -3.02. The van der Waals surface area contributed by atoms with Crippen molar-refractivity contribution < 1.29 is 33.0 Å². The molecule has 0 aromatic heterocycles. The van der Waals surface area contributed by atoms with Crippen molar-refractivity contribution in [1.29, 1.82) is 0 Å². The van der Waals surface area contributed by atoms with E-state index >= 15 is 0 Å². The molecule has 0 saturated carbocycles. The topological polar surface area (TPSA) is 150 Å². The molecular weight excluding hydrogens is 328 g/mol. The highest BCUT2D eigenvalue weighted by Crippen LogP contribution is 2.15. The molecule has 0 bridgehead atoms. The first-order chi connectivity index (χ1) is 10.6. The lowest BCUT2D eigenvalue weighted by Crippen LogP contribution is -2.41. The van der Waals surface area contributed by atoms with Crippen LogP contribution in [-0.2, 0) is 24.4 Å². The van der Waals surface area contributed by atoms with E-state index in [2.05, 4.69) is 5.32 Å². The van der Waals surface area contributed by atoms with E-state index in [0.29, 0.717) is 5.69 Å². The van der Waals surface area contributed by atoms with Gasteiger partial charge in [-0.25, -0.2) is 8.42 Å². The number of benzene rings is 1. The zero-order valence-corrected chi connectivity index (χ0v) is 13.0. The molecule has 0 fully saturated rings. The van der Waals surface area contributed by atoms with Gasteiger partial charge in [0.05, 0.1) is 4.90 Å². The van der Waals surface area contributed by atoms with E-state index in [4.69, 9.17) is 10.2 Å². The molecule has 1 aromatic carbocycles. The summed E-state index contributed by atoms with van der Waals surface area (Å²) < 4.78 is 26.2. The second kappa shape index (κ2) is 7.70. The Morgan fingerprint density at radius 2 is 1.70 bits per heavy atom. The van der Waals surface area contributed by atoms with E-state index < -0.39 is 34.4 Å². The number of sulfonamides is 1. The first-order valence-corrected chi connectivity index (χ1v) is 7.94. The summed E-state index contributed by atoms with van der Waals surface area (Å²) >= 11 is 0. The predicted molar refractivity (Wildman–Crippen MR) is 79.4 cm³/mol. The smallest absolute Gasteiger partial charge is 0.321 e. The Labute approximate surface area is 132 Å². The third-order valence-electron chi connectivity index (χ3n) is 2.73. The van der Waals surface area contributed by atoms with E-state index in [9.17, 15) is 22.8 Å². The van der Waals surface area contributed by atoms with Crippen LogP contribution in [0.15, 0.2) is 29.2 Å². The molecule has 0 spiro atoms. The maximum atomic E-state index is 12.1. The number of carboxylic acids is 2. The molecule has 9 nitrogen and oxygen atoms in total. The van der Waals surface area contributed by atoms with Gasteiger partial charge in [0.2, 0.25) is 15.9 Å². The van der Waals surface area contributed by atoms with E-state index in [1.807, 2.05) is 4.72 Å². The van der Waals surface area contributed by atoms with Crippen LogP contribution in [0.4, 0.5) is 5.69 Å². The Bertz CT molecular complexity index is 698. The minimum atomic E-state index is -4.13. The Balaban J connectivity index is 2.89. The summed E-state index contributed by atoms with van der Waals surface area (Å²) in [5.41, 5.74) is 0.386. The molecular formula is C13H16N2O7S. The zero-order chi connectivity index (χ0) is 17.6. The van der Waals surface area contributed by atoms with Gasteiger partial charge in [0.15, 0.2) is 0 Å². The van der Waals surface area contributed by atoms with Crippen molar-refractivity contribution in [2.24, 2.45) is 0 Å². The normalized spacial score (nSPS) is 12.4. The number of carboxylic acid groups (broad SMARTS) is 2. The molecule has 1 amide bonds. The number of anilines is 1. The van der Waals surface area contributed by atoms with Crippen LogP contribution in [0.3, 0.4) is 0 Å². The number of carbonyl (C=O) groups is 3. The quantitative estimate of drug-likeness (QED) is 0.527. The van der Waals surface area contributed by atoms with E-state index in [1.54, 1.807) is 0 Å². The highest BCUT2D eigenvalue weighted by molar-refractivity contribution is 7.89. The molecule has 0 saturated heterocycles. The van der Waals surface area contributed by atoms with E-state index in [0.717, 1.165) is 0 Å². The summed E-state index contributed by atoms with van der Waals surface area (Å²) in [6, 6.07) is 3.55. The second-order valence-corrected chi connectivity index (χ2v) is 6.36. The molecule has 126 valence electrons. The lowest BCUT2D eigenvalue weighted by molar-refractivity contribution is -0.140. The van der Waals surface area contributed by atoms with Crippen LogP contribution in [-0.4, -0.2) is 42.5 Å². The number of hydrogen-bond acceptors (Lipinski definition) is 5. The molecule has 10 heteroatoms. The van der Waals surface area contributed by atoms with Crippen molar-refractivity contribution in [1.82, 2.24) is 4.72 Å². The fourth-order valence-corrected chi connectivity index (χ4v) is 2.90. The molecule has 0 aliphatic heterocycles. The van der Waals surface area contributed by atoms with Crippen LogP contribution in [0.25, 0.3) is 0 Å². The van der Waals surface area contributed by atoms with Crippen LogP contribution < -0.4 is 10.0 Å². The van der Waals surface area contributed by atoms with Gasteiger partial charge in [0, 0.05) is 19.0 Å². The number of carbonyl (C=O) groups excluding carboxylic acids is 1. The van der Waals surface area contributed by atoms with Crippen molar-refractivity contribution in [3.8, 4) is 0 Å². The van der Waals surface area contributed by atoms with Crippen molar-refractivity contribution in [3.05, 3.63) is 24.3 Å². The van der Waals surface area contributed by atoms with Crippen LogP contribution in [0, 0.1) is 0 Å². The molecule has 1 rings (SSSR count). The summed E-state index contributed by atoms with van der Waals surface area (Å²) in [4.78, 5) is 32.2. The summed E-state index contributed by atoms with van der Waals surface area (Å²) in [7, 11) is -4.13. The van der Waals surface area contributed by atoms with E-state index in [-0.39, 0.29) is 17.2 Å². The van der Waals surface area contributed by atoms with Crippen molar-refractivity contribution >= 4 is 33.6 Å². The molecule has 23 heavy (non-hydrogen) atoms. The van der Waals surface area contributed by atoms with E-state index in [1.165, 1.54) is 31.2 Å². The number of nitrogens with one attached hydrogen (secondary N) is 2. The molecule has 1 atom stereocenters. The third-order valence-corrected chi connectivity index (χ3v) is 4.21. The van der Waals surface area contributed by atoms with Crippen LogP contribution in [0.5, 0.6) is 0 Å². The summed E-state index contributed by atoms with van der Waals surface area (Å²) in [5, 5.41) is 20.0. The average Bonchev–Trinajstić information content (AvgIpc) is 2.42. The van der Waals surface area contributed by atoms with Gasteiger partial charge in [-0.1, -0.05) is 0 Å². The average molecular weight is 344 g/mol. The number of hydrogen-bond donors (Lipinski definition) is 4. The lowest BCUT2D eigenvalue weighted by Gasteiger charge is -2.14. The maximum absolute atomic E-state index is 12.1. The van der Waals surface area contributed by atoms with Gasteiger partial charge in [-0.2, -0.15) is 4.72 Å². The Morgan fingerprint density at radius 3 is 2.13 bits per heavy atom. The Hall–Kier alpha value is -2.46. The van der Waals surface area contributed by atoms with Crippen molar-refractivity contribution in [3.63, 3.8) is 0 Å². The number of amides is 1. The third kappa shape index (κ3) is 6.04. The second-order valence-electron chi connectivity index (χ2n) is 4.65. The van der Waals surface area contributed by atoms with Gasteiger partial charge in [-0.05, 0) is 30.7 Å². The van der Waals surface area contributed by atoms with Gasteiger partial charge in [-0.15, -0.1) is 0 Å². The SMILES string of the molecule is CC(=O)Nc1ccc(S(=O)(=O)N[C@H](CCC(=O)O)C(=O)O)cc1. The number of aliphatic carboxylic acids is 2. The fraction of sp³-hybridized carbons (Fsp3) is 0.308. The molecule has 0 aliphatic rings. The summed E-state index contributed by atoms with van der Waals surface area (Å²) in [6.45, 7) is 1.30. The highest BCUT2D eigenvalue weighted by atomic mass is 32.2. The minimum absolute atomic E-state index is 0.201. The largest absolute Gasteiger partial charge is 0.481 e.